The lowest BCUT2D eigenvalue weighted by Crippen LogP contribution is -2.45. The number of H-pyrrole nitrogens is 1. The molecule has 0 radical (unpaired) electrons. The van der Waals surface area contributed by atoms with E-state index in [9.17, 15) is 4.79 Å². The summed E-state index contributed by atoms with van der Waals surface area (Å²) in [7, 11) is 0. The second-order valence-corrected chi connectivity index (χ2v) is 10.1. The summed E-state index contributed by atoms with van der Waals surface area (Å²) in [6, 6.07) is 7.49. The number of nitrogens with zero attached hydrogens (tertiary/aromatic N) is 2. The average Bonchev–Trinajstić information content (AvgIpc) is 3.20. The molecule has 3 aliphatic rings. The summed E-state index contributed by atoms with van der Waals surface area (Å²) in [6.45, 7) is 10.5. The number of aromatic amines is 1. The Labute approximate surface area is 193 Å². The first-order chi connectivity index (χ1) is 15.7. The lowest BCUT2D eigenvalue weighted by molar-refractivity contribution is 0.104. The van der Waals surface area contributed by atoms with Gasteiger partial charge in [-0.15, -0.1) is 0 Å². The van der Waals surface area contributed by atoms with E-state index in [2.05, 4.69) is 46.8 Å². The second kappa shape index (κ2) is 9.52. The molecular formula is C28H39N3O. The molecule has 0 spiro atoms. The molecular weight excluding hydrogens is 394 g/mol. The number of fused-ring (bicyclic) bond motifs is 5. The molecule has 1 aromatic carbocycles. The minimum Gasteiger partial charge on any atom is -0.321 e. The summed E-state index contributed by atoms with van der Waals surface area (Å²) in [5, 5.41) is 0. The van der Waals surface area contributed by atoms with Crippen molar-refractivity contribution in [1.82, 2.24) is 14.8 Å². The highest BCUT2D eigenvalue weighted by atomic mass is 16.1. The first-order valence-electron chi connectivity index (χ1n) is 13.0. The molecule has 1 saturated heterocycles. The zero-order chi connectivity index (χ0) is 22.1. The molecule has 4 heteroatoms. The molecule has 172 valence electrons. The van der Waals surface area contributed by atoms with Gasteiger partial charge in [-0.05, 0) is 99.8 Å². The van der Waals surface area contributed by atoms with Crippen molar-refractivity contribution < 1.29 is 0 Å². The van der Waals surface area contributed by atoms with Gasteiger partial charge < -0.3 is 9.88 Å². The third-order valence-corrected chi connectivity index (χ3v) is 8.03. The minimum atomic E-state index is 0.155. The largest absolute Gasteiger partial charge is 0.321 e. The minimum absolute atomic E-state index is 0.155. The Morgan fingerprint density at radius 2 is 1.69 bits per heavy atom. The summed E-state index contributed by atoms with van der Waals surface area (Å²) in [4.78, 5) is 21.4. The molecule has 0 atom stereocenters. The van der Waals surface area contributed by atoms with Crippen molar-refractivity contribution in [2.24, 2.45) is 0 Å². The zero-order valence-electron chi connectivity index (χ0n) is 20.0. The number of aromatic nitrogens is 1. The Kier molecular flexibility index (Phi) is 6.52. The van der Waals surface area contributed by atoms with Gasteiger partial charge in [-0.3, -0.25) is 9.69 Å². The number of pyridine rings is 1. The Morgan fingerprint density at radius 3 is 2.41 bits per heavy atom. The molecule has 1 aliphatic heterocycles. The number of nitrogens with one attached hydrogen (secondary N) is 1. The number of piperidine rings is 1. The molecule has 1 aromatic heterocycles. The highest BCUT2D eigenvalue weighted by Gasteiger charge is 2.29. The van der Waals surface area contributed by atoms with Crippen LogP contribution in [0.15, 0.2) is 23.0 Å². The van der Waals surface area contributed by atoms with E-state index >= 15 is 0 Å². The van der Waals surface area contributed by atoms with Gasteiger partial charge in [0.25, 0.3) is 5.56 Å². The van der Waals surface area contributed by atoms with E-state index in [1.54, 1.807) is 0 Å². The molecule has 32 heavy (non-hydrogen) atoms. The van der Waals surface area contributed by atoms with Crippen LogP contribution in [-0.2, 0) is 25.8 Å². The molecule has 0 unspecified atom stereocenters. The quantitative estimate of drug-likeness (QED) is 0.575. The van der Waals surface area contributed by atoms with Crippen molar-refractivity contribution in [3.63, 3.8) is 0 Å². The lowest BCUT2D eigenvalue weighted by Gasteiger charge is -2.38. The van der Waals surface area contributed by atoms with Crippen LogP contribution in [0.2, 0.25) is 0 Å². The van der Waals surface area contributed by atoms with Gasteiger partial charge in [0.15, 0.2) is 0 Å². The zero-order valence-corrected chi connectivity index (χ0v) is 20.0. The van der Waals surface area contributed by atoms with E-state index in [1.165, 1.54) is 86.1 Å². The summed E-state index contributed by atoms with van der Waals surface area (Å²) in [6.07, 6.45) is 10.5. The number of benzene rings is 1. The molecule has 2 aromatic rings. The molecule has 0 bridgehead atoms. The van der Waals surface area contributed by atoms with E-state index in [-0.39, 0.29) is 5.56 Å². The highest BCUT2D eigenvalue weighted by Crippen LogP contribution is 2.40. The third kappa shape index (κ3) is 4.08. The fraction of sp³-hybridized carbons (Fsp3) is 0.607. The maximum atomic E-state index is 12.7. The molecule has 2 heterocycles. The van der Waals surface area contributed by atoms with Crippen molar-refractivity contribution in [3.8, 4) is 11.3 Å². The van der Waals surface area contributed by atoms with Crippen molar-refractivity contribution in [1.29, 1.82) is 0 Å². The topological polar surface area (TPSA) is 39.3 Å². The summed E-state index contributed by atoms with van der Waals surface area (Å²) in [5.74, 6) is 0. The maximum Gasteiger partial charge on any atom is 0.251 e. The third-order valence-electron chi connectivity index (χ3n) is 8.03. The van der Waals surface area contributed by atoms with E-state index in [0.717, 1.165) is 49.5 Å². The summed E-state index contributed by atoms with van der Waals surface area (Å²) < 4.78 is 0. The number of hydrogen-bond donors (Lipinski definition) is 1. The molecule has 0 amide bonds. The molecule has 0 saturated carbocycles. The van der Waals surface area contributed by atoms with Crippen molar-refractivity contribution in [3.05, 3.63) is 56.4 Å². The normalized spacial score (nSPS) is 18.6. The molecule has 1 fully saturated rings. The fourth-order valence-corrected chi connectivity index (χ4v) is 6.47. The molecule has 5 rings (SSSR count). The average molecular weight is 434 g/mol. The highest BCUT2D eigenvalue weighted by molar-refractivity contribution is 5.76. The van der Waals surface area contributed by atoms with Crippen molar-refractivity contribution in [2.75, 3.05) is 26.2 Å². The smallest absolute Gasteiger partial charge is 0.251 e. The van der Waals surface area contributed by atoms with Crippen LogP contribution in [0.3, 0.4) is 0 Å². The van der Waals surface area contributed by atoms with E-state index in [0.29, 0.717) is 0 Å². The van der Waals surface area contributed by atoms with Gasteiger partial charge in [0.1, 0.15) is 0 Å². The van der Waals surface area contributed by atoms with Crippen molar-refractivity contribution >= 4 is 0 Å². The predicted molar refractivity (Wildman–Crippen MR) is 132 cm³/mol. The first kappa shape index (κ1) is 21.9. The van der Waals surface area contributed by atoms with E-state index < -0.39 is 0 Å². The molecule has 4 nitrogen and oxygen atoms in total. The Hall–Kier alpha value is -1.91. The Morgan fingerprint density at radius 1 is 0.969 bits per heavy atom. The monoisotopic (exact) mass is 433 g/mol. The van der Waals surface area contributed by atoms with Crippen LogP contribution < -0.4 is 5.56 Å². The van der Waals surface area contributed by atoms with Gasteiger partial charge in [-0.25, -0.2) is 0 Å². The first-order valence-corrected chi connectivity index (χ1v) is 13.0. The molecule has 2 aliphatic carbocycles. The van der Waals surface area contributed by atoms with Gasteiger partial charge in [-0.1, -0.05) is 32.0 Å². The van der Waals surface area contributed by atoms with Crippen LogP contribution in [0.4, 0.5) is 0 Å². The van der Waals surface area contributed by atoms with E-state index in [4.69, 9.17) is 0 Å². The lowest BCUT2D eigenvalue weighted by atomic mass is 9.88. The van der Waals surface area contributed by atoms with Crippen LogP contribution in [0.25, 0.3) is 11.3 Å². The maximum absolute atomic E-state index is 12.7. The second-order valence-electron chi connectivity index (χ2n) is 10.1. The standard InChI is InChI=1S/C28H39N3O/c1-3-14-31(15-4-2)21-12-16-30(17-13-21)19-20-8-7-11-23-25(20)18-26-22-9-5-6-10-24(22)28(32)29-27(23)26/h7-8,11,21H,3-6,9-10,12-19H2,1-2H3,(H,29,32). The predicted octanol–water partition coefficient (Wildman–Crippen LogP) is 4.91. The van der Waals surface area contributed by atoms with Crippen LogP contribution in [0, 0.1) is 0 Å². The van der Waals surface area contributed by atoms with Crippen LogP contribution >= 0.6 is 0 Å². The van der Waals surface area contributed by atoms with Crippen molar-refractivity contribution in [2.45, 2.75) is 84.2 Å². The molecule has 1 N–H and O–H groups in total. The van der Waals surface area contributed by atoms with Gasteiger partial charge in [-0.2, -0.15) is 0 Å². The number of likely N-dealkylation sites (tertiary alicyclic amines) is 1. The summed E-state index contributed by atoms with van der Waals surface area (Å²) >= 11 is 0. The Bertz CT molecular complexity index is 1010. The van der Waals surface area contributed by atoms with Crippen LogP contribution in [0.1, 0.15) is 80.2 Å². The van der Waals surface area contributed by atoms with Crippen LogP contribution in [0.5, 0.6) is 0 Å². The van der Waals surface area contributed by atoms with Gasteiger partial charge in [0.05, 0.1) is 5.69 Å². The fourth-order valence-electron chi connectivity index (χ4n) is 6.47. The number of rotatable bonds is 7. The van der Waals surface area contributed by atoms with E-state index in [1.807, 2.05) is 0 Å². The van der Waals surface area contributed by atoms with Gasteiger partial charge in [0, 0.05) is 30.1 Å². The SMILES string of the molecule is CCCN(CCC)C1CCN(Cc2cccc3c2Cc2c-3[nH]c(=O)c3c2CCCC3)CC1. The van der Waals surface area contributed by atoms with Gasteiger partial charge >= 0.3 is 0 Å². The Balaban J connectivity index is 1.32. The van der Waals surface area contributed by atoms with Crippen LogP contribution in [-0.4, -0.2) is 47.0 Å². The van der Waals surface area contributed by atoms with Gasteiger partial charge in [0.2, 0.25) is 0 Å². The number of hydrogen-bond acceptors (Lipinski definition) is 3. The summed E-state index contributed by atoms with van der Waals surface area (Å²) in [5.41, 5.74) is 9.30.